The molecule has 0 radical (unpaired) electrons. The van der Waals surface area contributed by atoms with Crippen LogP contribution in [-0.4, -0.2) is 31.0 Å². The lowest BCUT2D eigenvalue weighted by molar-refractivity contribution is 0.0690. The van der Waals surface area contributed by atoms with Gasteiger partial charge in [-0.15, -0.1) is 0 Å². The highest BCUT2D eigenvalue weighted by Gasteiger charge is 2.13. The standard InChI is InChI=1S/C16H12N4O2/c1-10-4-5-11(9-18-10)13-7-14(16(21)22)20-15(19-13)12-3-2-6-17-8-12/h2-9H,1H3,(H,21,22). The summed E-state index contributed by atoms with van der Waals surface area (Å²) >= 11 is 0. The van der Waals surface area contributed by atoms with Gasteiger partial charge in [0.05, 0.1) is 5.69 Å². The van der Waals surface area contributed by atoms with E-state index in [2.05, 4.69) is 19.9 Å². The summed E-state index contributed by atoms with van der Waals surface area (Å²) in [4.78, 5) is 28.0. The van der Waals surface area contributed by atoms with E-state index in [0.717, 1.165) is 11.3 Å². The van der Waals surface area contributed by atoms with E-state index in [0.29, 0.717) is 17.1 Å². The molecule has 0 saturated heterocycles. The van der Waals surface area contributed by atoms with Crippen LogP contribution in [0.4, 0.5) is 0 Å². The van der Waals surface area contributed by atoms with Crippen LogP contribution in [0.2, 0.25) is 0 Å². The molecule has 0 atom stereocenters. The molecule has 0 bridgehead atoms. The van der Waals surface area contributed by atoms with Gasteiger partial charge in [-0.2, -0.15) is 0 Å². The Balaban J connectivity index is 2.16. The van der Waals surface area contributed by atoms with Crippen molar-refractivity contribution in [2.45, 2.75) is 6.92 Å². The zero-order chi connectivity index (χ0) is 15.5. The first-order valence-corrected chi connectivity index (χ1v) is 6.59. The molecule has 0 amide bonds. The zero-order valence-electron chi connectivity index (χ0n) is 11.8. The van der Waals surface area contributed by atoms with Gasteiger partial charge in [-0.1, -0.05) is 0 Å². The van der Waals surface area contributed by atoms with Gasteiger partial charge in [0.15, 0.2) is 11.5 Å². The first-order chi connectivity index (χ1) is 10.6. The van der Waals surface area contributed by atoms with Crippen molar-refractivity contribution in [1.82, 2.24) is 19.9 Å². The van der Waals surface area contributed by atoms with Crippen molar-refractivity contribution in [3.8, 4) is 22.6 Å². The minimum atomic E-state index is -1.10. The highest BCUT2D eigenvalue weighted by atomic mass is 16.4. The van der Waals surface area contributed by atoms with Gasteiger partial charge >= 0.3 is 5.97 Å². The predicted molar refractivity (Wildman–Crippen MR) is 80.2 cm³/mol. The first-order valence-electron chi connectivity index (χ1n) is 6.59. The fraction of sp³-hybridized carbons (Fsp3) is 0.0625. The maximum absolute atomic E-state index is 11.3. The monoisotopic (exact) mass is 292 g/mol. The molecule has 0 aliphatic rings. The summed E-state index contributed by atoms with van der Waals surface area (Å²) in [6.45, 7) is 1.88. The van der Waals surface area contributed by atoms with E-state index in [1.165, 1.54) is 6.07 Å². The quantitative estimate of drug-likeness (QED) is 0.798. The number of aromatic nitrogens is 4. The average Bonchev–Trinajstić information content (AvgIpc) is 2.56. The van der Waals surface area contributed by atoms with E-state index in [9.17, 15) is 9.90 Å². The van der Waals surface area contributed by atoms with E-state index in [1.54, 1.807) is 30.7 Å². The molecule has 0 aliphatic carbocycles. The highest BCUT2D eigenvalue weighted by Crippen LogP contribution is 2.21. The number of carbonyl (C=O) groups is 1. The maximum atomic E-state index is 11.3. The molecule has 3 aromatic heterocycles. The molecule has 0 aromatic carbocycles. The van der Waals surface area contributed by atoms with Crippen LogP contribution in [0, 0.1) is 6.92 Å². The molecular formula is C16H12N4O2. The Morgan fingerprint density at radius 3 is 2.59 bits per heavy atom. The third-order valence-electron chi connectivity index (χ3n) is 3.07. The van der Waals surface area contributed by atoms with Crippen LogP contribution in [-0.2, 0) is 0 Å². The molecule has 3 aromatic rings. The number of hydrogen-bond donors (Lipinski definition) is 1. The average molecular weight is 292 g/mol. The molecular weight excluding hydrogens is 280 g/mol. The van der Waals surface area contributed by atoms with Gasteiger partial charge < -0.3 is 5.11 Å². The molecule has 3 heterocycles. The van der Waals surface area contributed by atoms with E-state index in [1.807, 2.05) is 19.1 Å². The molecule has 3 rings (SSSR count). The summed E-state index contributed by atoms with van der Waals surface area (Å²) in [5.74, 6) is -0.780. The number of carboxylic acids is 1. The molecule has 0 aliphatic heterocycles. The molecule has 0 unspecified atom stereocenters. The van der Waals surface area contributed by atoms with Gasteiger partial charge in [-0.3, -0.25) is 9.97 Å². The molecule has 6 heteroatoms. The lowest BCUT2D eigenvalue weighted by Crippen LogP contribution is -2.04. The summed E-state index contributed by atoms with van der Waals surface area (Å²) in [7, 11) is 0. The lowest BCUT2D eigenvalue weighted by atomic mass is 10.1. The maximum Gasteiger partial charge on any atom is 0.354 e. The number of carboxylic acid groups (broad SMARTS) is 1. The van der Waals surface area contributed by atoms with Gasteiger partial charge in [-0.25, -0.2) is 14.8 Å². The zero-order valence-corrected chi connectivity index (χ0v) is 11.8. The third-order valence-corrected chi connectivity index (χ3v) is 3.07. The van der Waals surface area contributed by atoms with Crippen molar-refractivity contribution in [3.05, 3.63) is 60.3 Å². The Labute approximate surface area is 126 Å². The van der Waals surface area contributed by atoms with Gasteiger partial charge in [0, 0.05) is 35.4 Å². The van der Waals surface area contributed by atoms with Crippen molar-refractivity contribution < 1.29 is 9.90 Å². The number of nitrogens with zero attached hydrogens (tertiary/aromatic N) is 4. The normalized spacial score (nSPS) is 10.4. The Morgan fingerprint density at radius 2 is 1.95 bits per heavy atom. The summed E-state index contributed by atoms with van der Waals surface area (Å²) in [5, 5.41) is 9.25. The SMILES string of the molecule is Cc1ccc(-c2cc(C(=O)O)nc(-c3cccnc3)n2)cn1. The number of aromatic carboxylic acids is 1. The van der Waals surface area contributed by atoms with Crippen LogP contribution in [0.25, 0.3) is 22.6 Å². The summed E-state index contributed by atoms with van der Waals surface area (Å²) in [6.07, 6.45) is 4.89. The van der Waals surface area contributed by atoms with Crippen LogP contribution in [0.15, 0.2) is 48.9 Å². The molecule has 1 N–H and O–H groups in total. The second-order valence-corrected chi connectivity index (χ2v) is 4.70. The number of rotatable bonds is 3. The van der Waals surface area contributed by atoms with Crippen LogP contribution >= 0.6 is 0 Å². The fourth-order valence-corrected chi connectivity index (χ4v) is 1.95. The molecule has 108 valence electrons. The molecule has 6 nitrogen and oxygen atoms in total. The van der Waals surface area contributed by atoms with E-state index >= 15 is 0 Å². The van der Waals surface area contributed by atoms with Crippen LogP contribution in [0.3, 0.4) is 0 Å². The van der Waals surface area contributed by atoms with Crippen molar-refractivity contribution >= 4 is 5.97 Å². The van der Waals surface area contributed by atoms with Crippen molar-refractivity contribution in [2.75, 3.05) is 0 Å². The molecule has 0 saturated carbocycles. The first kappa shape index (κ1) is 13.8. The van der Waals surface area contributed by atoms with Gasteiger partial charge in [0.2, 0.25) is 0 Å². The molecule has 0 fully saturated rings. The second-order valence-electron chi connectivity index (χ2n) is 4.70. The minimum Gasteiger partial charge on any atom is -0.477 e. The summed E-state index contributed by atoms with van der Waals surface area (Å²) in [6, 6.07) is 8.67. The number of aryl methyl sites for hydroxylation is 1. The summed E-state index contributed by atoms with van der Waals surface area (Å²) in [5.41, 5.74) is 2.72. The van der Waals surface area contributed by atoms with Crippen molar-refractivity contribution in [2.24, 2.45) is 0 Å². The molecule has 0 spiro atoms. The minimum absolute atomic E-state index is 0.0653. The second kappa shape index (κ2) is 5.69. The van der Waals surface area contributed by atoms with E-state index in [-0.39, 0.29) is 5.69 Å². The topological polar surface area (TPSA) is 88.9 Å². The van der Waals surface area contributed by atoms with Crippen LogP contribution in [0.1, 0.15) is 16.2 Å². The van der Waals surface area contributed by atoms with Gasteiger partial charge in [0.25, 0.3) is 0 Å². The Bertz CT molecular complexity index is 817. The largest absolute Gasteiger partial charge is 0.477 e. The third kappa shape index (κ3) is 2.80. The van der Waals surface area contributed by atoms with Crippen molar-refractivity contribution in [3.63, 3.8) is 0 Å². The summed E-state index contributed by atoms with van der Waals surface area (Å²) < 4.78 is 0. The van der Waals surface area contributed by atoms with Crippen LogP contribution < -0.4 is 0 Å². The van der Waals surface area contributed by atoms with Crippen molar-refractivity contribution in [1.29, 1.82) is 0 Å². The fourth-order valence-electron chi connectivity index (χ4n) is 1.95. The predicted octanol–water partition coefficient (Wildman–Crippen LogP) is 2.61. The number of hydrogen-bond acceptors (Lipinski definition) is 5. The smallest absolute Gasteiger partial charge is 0.354 e. The van der Waals surface area contributed by atoms with Gasteiger partial charge in [-0.05, 0) is 37.3 Å². The van der Waals surface area contributed by atoms with E-state index in [4.69, 9.17) is 0 Å². The Morgan fingerprint density at radius 1 is 1.09 bits per heavy atom. The Kier molecular flexibility index (Phi) is 3.57. The van der Waals surface area contributed by atoms with Crippen LogP contribution in [0.5, 0.6) is 0 Å². The van der Waals surface area contributed by atoms with E-state index < -0.39 is 5.97 Å². The Hall–Kier alpha value is -3.15. The lowest BCUT2D eigenvalue weighted by Gasteiger charge is -2.06. The van der Waals surface area contributed by atoms with Gasteiger partial charge in [0.1, 0.15) is 0 Å². The molecule has 22 heavy (non-hydrogen) atoms. The number of pyridine rings is 2. The highest BCUT2D eigenvalue weighted by molar-refractivity contribution is 5.87.